The maximum Gasteiger partial charge on any atom is 0.412 e. The van der Waals surface area contributed by atoms with E-state index in [1.807, 2.05) is 66.7 Å². The summed E-state index contributed by atoms with van der Waals surface area (Å²) in [6, 6.07) is 5.61. The predicted molar refractivity (Wildman–Crippen MR) is 190 cm³/mol. The molecule has 1 aliphatic rings. The van der Waals surface area contributed by atoms with Crippen LogP contribution in [0.4, 0.5) is 4.79 Å². The van der Waals surface area contributed by atoms with Gasteiger partial charge < -0.3 is 34.1 Å². The summed E-state index contributed by atoms with van der Waals surface area (Å²) in [6.45, 7) is 21.8. The van der Waals surface area contributed by atoms with Crippen LogP contribution in [0, 0.1) is 29.1 Å². The zero-order valence-corrected chi connectivity index (χ0v) is 32.3. The second-order valence-electron chi connectivity index (χ2n) is 16.1. The quantitative estimate of drug-likeness (QED) is 0.157. The minimum absolute atomic E-state index is 0.00420. The summed E-state index contributed by atoms with van der Waals surface area (Å²) >= 11 is 0. The fourth-order valence-electron chi connectivity index (χ4n) is 6.20. The summed E-state index contributed by atoms with van der Waals surface area (Å²) in [5.74, 6) is -0.0150. The second-order valence-corrected chi connectivity index (χ2v) is 16.1. The summed E-state index contributed by atoms with van der Waals surface area (Å²) in [7, 11) is 3.29. The first kappa shape index (κ1) is 42.1. The van der Waals surface area contributed by atoms with Gasteiger partial charge in [0.15, 0.2) is 11.5 Å². The minimum atomic E-state index is -1.11. The predicted octanol–water partition coefficient (Wildman–Crippen LogP) is 6.95. The number of carbonyl (C=O) groups excluding carboxylic acids is 2. The van der Waals surface area contributed by atoms with Gasteiger partial charge in [-0.05, 0) is 103 Å². The topological polar surface area (TPSA) is 133 Å². The number of nitrogens with one attached hydrogen (secondary N) is 1. The van der Waals surface area contributed by atoms with Crippen molar-refractivity contribution < 1.29 is 43.2 Å². The highest BCUT2D eigenvalue weighted by Gasteiger charge is 2.52. The summed E-state index contributed by atoms with van der Waals surface area (Å²) < 4.78 is 29.4. The zero-order valence-electron chi connectivity index (χ0n) is 32.3. The molecule has 1 heterocycles. The van der Waals surface area contributed by atoms with E-state index in [4.69, 9.17) is 23.7 Å². The van der Waals surface area contributed by atoms with Crippen molar-refractivity contribution in [3.63, 3.8) is 0 Å². The molecular formula is C38H64N2O9. The van der Waals surface area contributed by atoms with Crippen molar-refractivity contribution in [3.05, 3.63) is 23.8 Å². The zero-order chi connectivity index (χ0) is 37.3. The van der Waals surface area contributed by atoms with Crippen molar-refractivity contribution in [2.24, 2.45) is 29.1 Å². The highest BCUT2D eigenvalue weighted by molar-refractivity contribution is 5.80. The summed E-state index contributed by atoms with van der Waals surface area (Å²) in [5, 5.41) is 12.5. The molecule has 280 valence electrons. The second kappa shape index (κ2) is 17.7. The molecule has 0 bridgehead atoms. The van der Waals surface area contributed by atoms with Crippen LogP contribution in [0.5, 0.6) is 11.5 Å². The number of carboxylic acid groups (broad SMARTS) is 1. The van der Waals surface area contributed by atoms with E-state index in [9.17, 15) is 19.5 Å². The number of hydrogen-bond donors (Lipinski definition) is 2. The van der Waals surface area contributed by atoms with E-state index in [0.717, 1.165) is 18.4 Å². The van der Waals surface area contributed by atoms with Crippen molar-refractivity contribution in [1.82, 2.24) is 10.2 Å². The number of aliphatic carboxylic acids is 1. The standard InChI is InChI=1S/C38H64N2O9/c1-24(2)27(19-26-15-16-30(46-13)32(20-26)47-18-14-17-45-12)21-29-31(48-38(10,11)40(29)35(44)49-36(5,6)7)22-28(25(3)4)33(41)39-23-37(8,9)34(42)43/h15-16,20,24-25,27-29,31H,14,17-19,21-23H2,1-13H3,(H,39,41)(H,42,43)/t27-,28-,29?,31?/m0/s1. The molecule has 1 aliphatic heterocycles. The van der Waals surface area contributed by atoms with E-state index < -0.39 is 40.8 Å². The number of ether oxygens (including phenoxy) is 5. The molecule has 1 saturated heterocycles. The molecule has 11 nitrogen and oxygen atoms in total. The first-order valence-corrected chi connectivity index (χ1v) is 17.6. The van der Waals surface area contributed by atoms with Gasteiger partial charge >= 0.3 is 12.1 Å². The third-order valence-electron chi connectivity index (χ3n) is 9.25. The number of amides is 2. The molecule has 0 aromatic heterocycles. The Morgan fingerprint density at radius 2 is 1.63 bits per heavy atom. The molecule has 1 aromatic rings. The van der Waals surface area contributed by atoms with Gasteiger partial charge in [0, 0.05) is 32.6 Å². The van der Waals surface area contributed by atoms with Crippen LogP contribution < -0.4 is 14.8 Å². The average Bonchev–Trinajstić information content (AvgIpc) is 3.24. The van der Waals surface area contributed by atoms with Crippen LogP contribution in [0.1, 0.15) is 101 Å². The Balaban J connectivity index is 2.47. The number of carbonyl (C=O) groups is 3. The summed E-state index contributed by atoms with van der Waals surface area (Å²) in [4.78, 5) is 40.9. The van der Waals surface area contributed by atoms with E-state index in [-0.39, 0.29) is 36.2 Å². The van der Waals surface area contributed by atoms with Crippen molar-refractivity contribution in [2.45, 2.75) is 125 Å². The first-order chi connectivity index (χ1) is 22.6. The Bertz CT molecular complexity index is 1240. The third kappa shape index (κ3) is 12.3. The van der Waals surface area contributed by atoms with E-state index in [1.54, 1.807) is 33.0 Å². The summed E-state index contributed by atoms with van der Waals surface area (Å²) in [6.07, 6.45) is 1.52. The van der Waals surface area contributed by atoms with Gasteiger partial charge in [0.2, 0.25) is 5.91 Å². The summed E-state index contributed by atoms with van der Waals surface area (Å²) in [5.41, 5.74) is -1.74. The van der Waals surface area contributed by atoms with Crippen LogP contribution in [-0.4, -0.2) is 85.4 Å². The number of hydrogen-bond acceptors (Lipinski definition) is 8. The maximum atomic E-state index is 13.9. The smallest absolute Gasteiger partial charge is 0.412 e. The molecule has 2 amide bonds. The molecule has 0 saturated carbocycles. The van der Waals surface area contributed by atoms with Crippen LogP contribution in [-0.2, 0) is 30.2 Å². The van der Waals surface area contributed by atoms with Crippen molar-refractivity contribution in [1.29, 1.82) is 0 Å². The fraction of sp³-hybridized carbons (Fsp3) is 0.763. The largest absolute Gasteiger partial charge is 0.493 e. The Hall–Kier alpha value is -3.05. The van der Waals surface area contributed by atoms with Gasteiger partial charge in [-0.2, -0.15) is 0 Å². The lowest BCUT2D eigenvalue weighted by Crippen LogP contribution is -2.51. The number of carboxylic acids is 1. The average molecular weight is 693 g/mol. The fourth-order valence-corrected chi connectivity index (χ4v) is 6.20. The Morgan fingerprint density at radius 1 is 0.980 bits per heavy atom. The molecule has 0 radical (unpaired) electrons. The van der Waals surface area contributed by atoms with Gasteiger partial charge in [-0.25, -0.2) is 4.79 Å². The van der Waals surface area contributed by atoms with E-state index in [2.05, 4.69) is 19.2 Å². The van der Waals surface area contributed by atoms with Crippen LogP contribution in [0.3, 0.4) is 0 Å². The Labute approximate surface area is 294 Å². The van der Waals surface area contributed by atoms with Crippen LogP contribution in [0.2, 0.25) is 0 Å². The number of methoxy groups -OCH3 is 2. The molecule has 0 aliphatic carbocycles. The van der Waals surface area contributed by atoms with Gasteiger partial charge in [0.25, 0.3) is 0 Å². The van der Waals surface area contributed by atoms with Gasteiger partial charge in [0.05, 0.1) is 31.3 Å². The molecular weight excluding hydrogens is 628 g/mol. The molecule has 49 heavy (non-hydrogen) atoms. The highest BCUT2D eigenvalue weighted by atomic mass is 16.6. The molecule has 0 spiro atoms. The number of benzene rings is 1. The van der Waals surface area contributed by atoms with E-state index in [1.165, 1.54) is 0 Å². The molecule has 2 N–H and O–H groups in total. The number of nitrogens with zero attached hydrogens (tertiary/aromatic N) is 1. The maximum absolute atomic E-state index is 13.9. The minimum Gasteiger partial charge on any atom is -0.493 e. The lowest BCUT2D eigenvalue weighted by molar-refractivity contribution is -0.147. The Kier molecular flexibility index (Phi) is 15.3. The van der Waals surface area contributed by atoms with Crippen LogP contribution in [0.25, 0.3) is 0 Å². The van der Waals surface area contributed by atoms with Crippen molar-refractivity contribution >= 4 is 18.0 Å². The molecule has 11 heteroatoms. The van der Waals surface area contributed by atoms with Crippen molar-refractivity contribution in [2.75, 3.05) is 34.0 Å². The SMILES string of the molecule is COCCCOc1cc(C[C@@H](CC2C(C[C@H](C(=O)NCC(C)(C)C(=O)O)C(C)C)OC(C)(C)N2C(=O)OC(C)(C)C)C(C)C)ccc1OC. The van der Waals surface area contributed by atoms with Crippen LogP contribution >= 0.6 is 0 Å². The van der Waals surface area contributed by atoms with Crippen molar-refractivity contribution in [3.8, 4) is 11.5 Å². The normalized spacial score (nSPS) is 19.1. The molecule has 1 aromatic carbocycles. The third-order valence-corrected chi connectivity index (χ3v) is 9.25. The van der Waals surface area contributed by atoms with Gasteiger partial charge in [0.1, 0.15) is 11.3 Å². The van der Waals surface area contributed by atoms with Crippen LogP contribution in [0.15, 0.2) is 18.2 Å². The van der Waals surface area contributed by atoms with E-state index in [0.29, 0.717) is 37.6 Å². The lowest BCUT2D eigenvalue weighted by atomic mass is 9.80. The Morgan fingerprint density at radius 3 is 2.16 bits per heavy atom. The monoisotopic (exact) mass is 692 g/mol. The highest BCUT2D eigenvalue weighted by Crippen LogP contribution is 2.42. The molecule has 2 unspecified atom stereocenters. The lowest BCUT2D eigenvalue weighted by Gasteiger charge is -2.37. The van der Waals surface area contributed by atoms with E-state index >= 15 is 0 Å². The molecule has 4 atom stereocenters. The van der Waals surface area contributed by atoms with Gasteiger partial charge in [-0.15, -0.1) is 0 Å². The first-order valence-electron chi connectivity index (χ1n) is 17.6. The number of rotatable bonds is 18. The van der Waals surface area contributed by atoms with Gasteiger partial charge in [-0.3, -0.25) is 14.5 Å². The molecule has 1 fully saturated rings. The molecule has 2 rings (SSSR count). The van der Waals surface area contributed by atoms with Gasteiger partial charge in [-0.1, -0.05) is 33.8 Å².